The molecule has 1 saturated carbocycles. The molecule has 24 heavy (non-hydrogen) atoms. The zero-order valence-corrected chi connectivity index (χ0v) is 15.8. The highest BCUT2D eigenvalue weighted by atomic mass is 16.6. The molecule has 1 aliphatic rings. The molecule has 0 saturated heterocycles. The molecule has 0 spiro atoms. The van der Waals surface area contributed by atoms with E-state index in [0.717, 1.165) is 5.69 Å². The fourth-order valence-corrected chi connectivity index (χ4v) is 3.16. The summed E-state index contributed by atoms with van der Waals surface area (Å²) in [6.07, 6.45) is 8.28. The van der Waals surface area contributed by atoms with Gasteiger partial charge in [0.05, 0.1) is 12.2 Å². The average Bonchev–Trinajstić information content (AvgIpc) is 2.52. The number of hydrogen-bond donors (Lipinski definition) is 0. The van der Waals surface area contributed by atoms with Crippen LogP contribution in [0, 0.1) is 0 Å². The summed E-state index contributed by atoms with van der Waals surface area (Å²) in [4.78, 5) is 18.7. The number of aromatic nitrogens is 1. The Morgan fingerprint density at radius 2 is 1.92 bits per heavy atom. The first-order valence-corrected chi connectivity index (χ1v) is 9.20. The van der Waals surface area contributed by atoms with Gasteiger partial charge in [0.2, 0.25) is 0 Å². The number of ether oxygens (including phenoxy) is 1. The number of amides is 1. The van der Waals surface area contributed by atoms with Crippen molar-refractivity contribution in [2.24, 2.45) is 0 Å². The van der Waals surface area contributed by atoms with Crippen LogP contribution in [0.3, 0.4) is 0 Å². The highest BCUT2D eigenvalue weighted by molar-refractivity contribution is 5.68. The predicted molar refractivity (Wildman–Crippen MR) is 97.0 cm³/mol. The normalized spacial score (nSPS) is 16.2. The summed E-state index contributed by atoms with van der Waals surface area (Å²) in [6, 6.07) is 4.31. The van der Waals surface area contributed by atoms with Gasteiger partial charge in [-0.2, -0.15) is 0 Å². The first kappa shape index (κ1) is 18.8. The second kappa shape index (κ2) is 8.00. The lowest BCUT2D eigenvalue weighted by atomic mass is 9.85. The van der Waals surface area contributed by atoms with Gasteiger partial charge in [0.25, 0.3) is 0 Å². The average molecular weight is 332 g/mol. The molecule has 4 heteroatoms. The molecule has 2 rings (SSSR count). The summed E-state index contributed by atoms with van der Waals surface area (Å²) >= 11 is 0. The lowest BCUT2D eigenvalue weighted by Gasteiger charge is -2.30. The van der Waals surface area contributed by atoms with Gasteiger partial charge in [0.1, 0.15) is 5.60 Å². The molecule has 1 aliphatic carbocycles. The van der Waals surface area contributed by atoms with Crippen LogP contribution < -0.4 is 0 Å². The molecule has 0 unspecified atom stereocenters. The molecular formula is C20H32N2O2. The molecule has 1 amide bonds. The van der Waals surface area contributed by atoms with Crippen LogP contribution >= 0.6 is 0 Å². The molecule has 0 bridgehead atoms. The minimum atomic E-state index is -0.484. The minimum Gasteiger partial charge on any atom is -0.444 e. The molecule has 1 heterocycles. The molecule has 4 nitrogen and oxygen atoms in total. The highest BCUT2D eigenvalue weighted by Gasteiger charge is 2.24. The fourth-order valence-electron chi connectivity index (χ4n) is 3.16. The van der Waals surface area contributed by atoms with Crippen molar-refractivity contribution in [2.75, 3.05) is 0 Å². The van der Waals surface area contributed by atoms with Crippen molar-refractivity contribution in [3.05, 3.63) is 29.6 Å². The molecular weight excluding hydrogens is 300 g/mol. The molecule has 1 aromatic heterocycles. The predicted octanol–water partition coefficient (Wildman–Crippen LogP) is 5.27. The molecule has 1 aromatic rings. The van der Waals surface area contributed by atoms with Crippen LogP contribution in [0.25, 0.3) is 0 Å². The number of nitrogens with zero attached hydrogens (tertiary/aromatic N) is 2. The van der Waals surface area contributed by atoms with E-state index >= 15 is 0 Å². The number of rotatable bonds is 4. The summed E-state index contributed by atoms with van der Waals surface area (Å²) in [5.74, 6) is 0.660. The molecule has 0 radical (unpaired) electrons. The molecule has 0 aromatic carbocycles. The van der Waals surface area contributed by atoms with Crippen molar-refractivity contribution in [1.82, 2.24) is 9.88 Å². The van der Waals surface area contributed by atoms with E-state index in [-0.39, 0.29) is 12.1 Å². The maximum absolute atomic E-state index is 12.4. The number of hydrogen-bond acceptors (Lipinski definition) is 3. The quantitative estimate of drug-likeness (QED) is 0.754. The second-order valence-corrected chi connectivity index (χ2v) is 8.12. The van der Waals surface area contributed by atoms with Crippen LogP contribution in [0.4, 0.5) is 4.79 Å². The van der Waals surface area contributed by atoms with Crippen LogP contribution in [0.1, 0.15) is 83.9 Å². The van der Waals surface area contributed by atoms with Crippen molar-refractivity contribution >= 4 is 6.09 Å². The Bertz CT molecular complexity index is 526. The van der Waals surface area contributed by atoms with Gasteiger partial charge in [-0.1, -0.05) is 25.3 Å². The first-order valence-electron chi connectivity index (χ1n) is 9.20. The standard InChI is InChI=1S/C20H32N2O2/c1-15(2)22(19(23)24-20(3,4)5)14-18-12-11-17(13-21-18)16-9-7-6-8-10-16/h11-13,15-16H,6-10,14H2,1-5H3. The van der Waals surface area contributed by atoms with Gasteiger partial charge >= 0.3 is 6.09 Å². The maximum atomic E-state index is 12.4. The Morgan fingerprint density at radius 3 is 2.42 bits per heavy atom. The van der Waals surface area contributed by atoms with Crippen LogP contribution in [0.15, 0.2) is 18.3 Å². The molecule has 134 valence electrons. The number of pyridine rings is 1. The van der Waals surface area contributed by atoms with E-state index in [1.54, 1.807) is 4.90 Å². The summed E-state index contributed by atoms with van der Waals surface area (Å²) in [5.41, 5.74) is 1.77. The second-order valence-electron chi connectivity index (χ2n) is 8.12. The van der Waals surface area contributed by atoms with Gasteiger partial charge in [0.15, 0.2) is 0 Å². The Morgan fingerprint density at radius 1 is 1.25 bits per heavy atom. The molecule has 0 aliphatic heterocycles. The van der Waals surface area contributed by atoms with E-state index in [4.69, 9.17) is 4.74 Å². The van der Waals surface area contributed by atoms with Gasteiger partial charge in [-0.25, -0.2) is 4.79 Å². The Kier molecular flexibility index (Phi) is 6.25. The minimum absolute atomic E-state index is 0.0691. The van der Waals surface area contributed by atoms with Crippen LogP contribution in [0.2, 0.25) is 0 Å². The lowest BCUT2D eigenvalue weighted by Crippen LogP contribution is -2.40. The van der Waals surface area contributed by atoms with Gasteiger partial charge in [-0.3, -0.25) is 9.88 Å². The number of carbonyl (C=O) groups is 1. The zero-order valence-electron chi connectivity index (χ0n) is 15.8. The SMILES string of the molecule is CC(C)N(Cc1ccc(C2CCCCC2)cn1)C(=O)OC(C)(C)C. The van der Waals surface area contributed by atoms with E-state index in [1.165, 1.54) is 37.7 Å². The van der Waals surface area contributed by atoms with E-state index in [9.17, 15) is 4.79 Å². The summed E-state index contributed by atoms with van der Waals surface area (Å²) in [6.45, 7) is 10.2. The first-order chi connectivity index (χ1) is 11.3. The zero-order chi connectivity index (χ0) is 17.7. The van der Waals surface area contributed by atoms with Crippen molar-refractivity contribution in [2.45, 2.75) is 90.8 Å². The monoisotopic (exact) mass is 332 g/mol. The fraction of sp³-hybridized carbons (Fsp3) is 0.700. The summed E-state index contributed by atoms with van der Waals surface area (Å²) in [7, 11) is 0. The van der Waals surface area contributed by atoms with Crippen LogP contribution in [-0.2, 0) is 11.3 Å². The maximum Gasteiger partial charge on any atom is 0.410 e. The van der Waals surface area contributed by atoms with E-state index in [0.29, 0.717) is 12.5 Å². The van der Waals surface area contributed by atoms with Gasteiger partial charge < -0.3 is 4.74 Å². The van der Waals surface area contributed by atoms with Gasteiger partial charge in [-0.05, 0) is 65.0 Å². The Labute approximate surface area is 146 Å². The molecule has 1 fully saturated rings. The highest BCUT2D eigenvalue weighted by Crippen LogP contribution is 2.32. The smallest absolute Gasteiger partial charge is 0.410 e. The third kappa shape index (κ3) is 5.50. The van der Waals surface area contributed by atoms with Crippen molar-refractivity contribution in [3.8, 4) is 0 Å². The molecule has 0 atom stereocenters. The third-order valence-corrected chi connectivity index (χ3v) is 4.51. The Hall–Kier alpha value is -1.58. The van der Waals surface area contributed by atoms with Crippen molar-refractivity contribution in [3.63, 3.8) is 0 Å². The summed E-state index contributed by atoms with van der Waals surface area (Å²) in [5, 5.41) is 0. The van der Waals surface area contributed by atoms with Gasteiger partial charge in [-0.15, -0.1) is 0 Å². The van der Waals surface area contributed by atoms with E-state index in [1.807, 2.05) is 40.8 Å². The topological polar surface area (TPSA) is 42.4 Å². The van der Waals surface area contributed by atoms with Crippen molar-refractivity contribution < 1.29 is 9.53 Å². The summed E-state index contributed by atoms with van der Waals surface area (Å²) < 4.78 is 5.51. The number of carbonyl (C=O) groups excluding carboxylic acids is 1. The van der Waals surface area contributed by atoms with Crippen LogP contribution in [0.5, 0.6) is 0 Å². The van der Waals surface area contributed by atoms with Crippen molar-refractivity contribution in [1.29, 1.82) is 0 Å². The van der Waals surface area contributed by atoms with E-state index in [2.05, 4.69) is 17.1 Å². The molecule has 0 N–H and O–H groups in total. The van der Waals surface area contributed by atoms with E-state index < -0.39 is 5.60 Å². The largest absolute Gasteiger partial charge is 0.444 e. The third-order valence-electron chi connectivity index (χ3n) is 4.51. The Balaban J connectivity index is 2.02. The van der Waals surface area contributed by atoms with Crippen LogP contribution in [-0.4, -0.2) is 27.6 Å². The van der Waals surface area contributed by atoms with Gasteiger partial charge in [0, 0.05) is 12.2 Å². The lowest BCUT2D eigenvalue weighted by molar-refractivity contribution is 0.0169.